The smallest absolute Gasteiger partial charge is 0.325 e. The number of urea groups is 1. The van der Waals surface area contributed by atoms with Gasteiger partial charge in [-0.25, -0.2) is 4.79 Å². The van der Waals surface area contributed by atoms with E-state index in [1.54, 1.807) is 13.2 Å². The number of carbonyl (C=O) groups is 3. The van der Waals surface area contributed by atoms with Crippen LogP contribution in [0.4, 0.5) is 4.79 Å². The Labute approximate surface area is 166 Å². The largest absolute Gasteiger partial charge is 0.497 e. The number of thiophene rings is 1. The number of carbonyl (C=O) groups excluding carboxylic acids is 3. The fourth-order valence-corrected chi connectivity index (χ4v) is 4.56. The molecule has 0 bridgehead atoms. The second-order valence-electron chi connectivity index (χ2n) is 6.96. The van der Waals surface area contributed by atoms with Gasteiger partial charge in [0.2, 0.25) is 5.91 Å². The summed E-state index contributed by atoms with van der Waals surface area (Å²) in [4.78, 5) is 40.1. The van der Waals surface area contributed by atoms with Crippen LogP contribution in [0.1, 0.15) is 28.8 Å². The van der Waals surface area contributed by atoms with Gasteiger partial charge in [0.15, 0.2) is 0 Å². The van der Waals surface area contributed by atoms with E-state index in [0.29, 0.717) is 13.0 Å². The van der Waals surface area contributed by atoms with Crippen molar-refractivity contribution in [3.63, 3.8) is 0 Å². The van der Waals surface area contributed by atoms with Crippen LogP contribution in [-0.2, 0) is 28.1 Å². The molecule has 1 fully saturated rings. The van der Waals surface area contributed by atoms with Gasteiger partial charge in [0, 0.05) is 4.88 Å². The first-order chi connectivity index (χ1) is 13.5. The Morgan fingerprint density at radius 3 is 2.96 bits per heavy atom. The first-order valence-electron chi connectivity index (χ1n) is 9.14. The average molecular weight is 399 g/mol. The van der Waals surface area contributed by atoms with Crippen molar-refractivity contribution in [1.29, 1.82) is 0 Å². The number of imide groups is 1. The third-order valence-electron chi connectivity index (χ3n) is 5.29. The fraction of sp³-hybridized carbons (Fsp3) is 0.350. The molecule has 1 aromatic carbocycles. The minimum absolute atomic E-state index is 0.288. The average Bonchev–Trinajstić information content (AvgIpc) is 3.30. The molecule has 2 aromatic rings. The number of nitrogens with zero attached hydrogens (tertiary/aromatic N) is 1. The Balaban J connectivity index is 1.52. The van der Waals surface area contributed by atoms with Crippen molar-refractivity contribution >= 4 is 29.2 Å². The number of hydrogen-bond donors (Lipinski definition) is 2. The number of ether oxygens (including phenoxy) is 1. The lowest BCUT2D eigenvalue weighted by atomic mass is 9.76. The van der Waals surface area contributed by atoms with Crippen LogP contribution in [0.5, 0.6) is 5.75 Å². The Morgan fingerprint density at radius 1 is 1.36 bits per heavy atom. The summed E-state index contributed by atoms with van der Waals surface area (Å²) in [6.07, 6.45) is 2.10. The molecule has 1 spiro atoms. The van der Waals surface area contributed by atoms with Crippen LogP contribution in [0.2, 0.25) is 0 Å². The molecular weight excluding hydrogens is 378 g/mol. The van der Waals surface area contributed by atoms with Crippen molar-refractivity contribution in [2.75, 3.05) is 13.7 Å². The molecule has 0 radical (unpaired) electrons. The number of methoxy groups -OCH3 is 1. The molecule has 7 nitrogen and oxygen atoms in total. The van der Waals surface area contributed by atoms with Gasteiger partial charge >= 0.3 is 6.03 Å². The van der Waals surface area contributed by atoms with Gasteiger partial charge < -0.3 is 15.4 Å². The summed E-state index contributed by atoms with van der Waals surface area (Å²) in [7, 11) is 1.60. The Hall–Kier alpha value is -2.87. The van der Waals surface area contributed by atoms with Crippen molar-refractivity contribution in [1.82, 2.24) is 15.5 Å². The van der Waals surface area contributed by atoms with E-state index in [1.165, 1.54) is 11.3 Å². The number of nitrogens with one attached hydrogen (secondary N) is 2. The highest BCUT2D eigenvalue weighted by atomic mass is 32.1. The third kappa shape index (κ3) is 3.13. The topological polar surface area (TPSA) is 87.7 Å². The summed E-state index contributed by atoms with van der Waals surface area (Å²) in [5.41, 5.74) is 0.688. The summed E-state index contributed by atoms with van der Waals surface area (Å²) < 4.78 is 5.28. The minimum Gasteiger partial charge on any atom is -0.497 e. The van der Waals surface area contributed by atoms with Crippen molar-refractivity contribution in [2.45, 2.75) is 31.3 Å². The molecule has 2 N–H and O–H groups in total. The summed E-state index contributed by atoms with van der Waals surface area (Å²) in [6, 6.07) is 8.84. The predicted octanol–water partition coefficient (Wildman–Crippen LogP) is 2.16. The van der Waals surface area contributed by atoms with Gasteiger partial charge in [0.1, 0.15) is 17.8 Å². The summed E-state index contributed by atoms with van der Waals surface area (Å²) in [5.74, 6) is -0.00742. The van der Waals surface area contributed by atoms with E-state index in [9.17, 15) is 14.4 Å². The second-order valence-corrected chi connectivity index (χ2v) is 7.99. The summed E-state index contributed by atoms with van der Waals surface area (Å²) in [5, 5.41) is 7.54. The van der Waals surface area contributed by atoms with Gasteiger partial charge in [-0.3, -0.25) is 14.5 Å². The molecule has 2 aliphatic rings. The normalized spacial score (nSPS) is 20.8. The second kappa shape index (κ2) is 7.27. The Bertz CT molecular complexity index is 928. The number of benzene rings is 1. The van der Waals surface area contributed by atoms with E-state index < -0.39 is 11.6 Å². The van der Waals surface area contributed by atoms with Gasteiger partial charge in [-0.1, -0.05) is 12.1 Å². The van der Waals surface area contributed by atoms with Gasteiger partial charge in [-0.05, 0) is 54.0 Å². The molecule has 0 unspecified atom stereocenters. The first-order valence-corrected chi connectivity index (χ1v) is 10.0. The zero-order chi connectivity index (χ0) is 19.7. The zero-order valence-electron chi connectivity index (χ0n) is 15.5. The van der Waals surface area contributed by atoms with Crippen molar-refractivity contribution in [2.24, 2.45) is 0 Å². The molecule has 8 heteroatoms. The van der Waals surface area contributed by atoms with Crippen molar-refractivity contribution in [3.8, 4) is 5.75 Å². The highest BCUT2D eigenvalue weighted by molar-refractivity contribution is 7.09. The SMILES string of the molecule is COc1ccc2c(c1)CCC[C@@]21NC(=O)N(CC(=O)NCc2cccs2)C1=O. The number of amides is 4. The summed E-state index contributed by atoms with van der Waals surface area (Å²) >= 11 is 1.54. The lowest BCUT2D eigenvalue weighted by Gasteiger charge is -2.33. The maximum Gasteiger partial charge on any atom is 0.325 e. The van der Waals surface area contributed by atoms with Crippen LogP contribution < -0.4 is 15.4 Å². The van der Waals surface area contributed by atoms with E-state index in [4.69, 9.17) is 4.74 Å². The standard InChI is InChI=1S/C20H21N3O4S/c1-27-14-6-7-16-13(10-14)4-2-8-20(16)18(25)23(19(26)22-20)12-17(24)21-11-15-5-3-9-28-15/h3,5-7,9-10H,2,4,8,11-12H2,1H3,(H,21,24)(H,22,26)/t20-/m1/s1. The molecule has 4 amide bonds. The summed E-state index contributed by atoms with van der Waals surface area (Å²) in [6.45, 7) is 0.0944. The predicted molar refractivity (Wildman–Crippen MR) is 104 cm³/mol. The van der Waals surface area contributed by atoms with Gasteiger partial charge in [-0.15, -0.1) is 11.3 Å². The molecule has 28 heavy (non-hydrogen) atoms. The maximum absolute atomic E-state index is 13.2. The van der Waals surface area contributed by atoms with Crippen LogP contribution in [0.15, 0.2) is 35.7 Å². The Kier molecular flexibility index (Phi) is 4.80. The molecule has 1 atom stereocenters. The quantitative estimate of drug-likeness (QED) is 0.755. The molecule has 2 heterocycles. The van der Waals surface area contributed by atoms with E-state index in [0.717, 1.165) is 39.5 Å². The van der Waals surface area contributed by atoms with Crippen molar-refractivity contribution in [3.05, 3.63) is 51.7 Å². The molecule has 1 aliphatic carbocycles. The zero-order valence-corrected chi connectivity index (χ0v) is 16.3. The molecule has 0 saturated carbocycles. The monoisotopic (exact) mass is 399 g/mol. The van der Waals surface area contributed by atoms with Crippen LogP contribution >= 0.6 is 11.3 Å². The van der Waals surface area contributed by atoms with E-state index >= 15 is 0 Å². The molecule has 146 valence electrons. The number of fused-ring (bicyclic) bond motifs is 2. The number of rotatable bonds is 5. The Morgan fingerprint density at radius 2 is 2.21 bits per heavy atom. The van der Waals surface area contributed by atoms with Crippen LogP contribution in [0.3, 0.4) is 0 Å². The van der Waals surface area contributed by atoms with E-state index in [1.807, 2.05) is 29.6 Å². The molecule has 1 saturated heterocycles. The lowest BCUT2D eigenvalue weighted by Crippen LogP contribution is -2.47. The maximum atomic E-state index is 13.2. The van der Waals surface area contributed by atoms with Crippen LogP contribution in [0.25, 0.3) is 0 Å². The van der Waals surface area contributed by atoms with Crippen LogP contribution in [-0.4, -0.2) is 36.4 Å². The number of hydrogen-bond acceptors (Lipinski definition) is 5. The van der Waals surface area contributed by atoms with Crippen molar-refractivity contribution < 1.29 is 19.1 Å². The van der Waals surface area contributed by atoms with Gasteiger partial charge in [-0.2, -0.15) is 0 Å². The molecule has 4 rings (SSSR count). The van der Waals surface area contributed by atoms with E-state index in [2.05, 4.69) is 10.6 Å². The first kappa shape index (κ1) is 18.5. The third-order valence-corrected chi connectivity index (χ3v) is 6.16. The van der Waals surface area contributed by atoms with Crippen LogP contribution in [0, 0.1) is 0 Å². The highest BCUT2D eigenvalue weighted by Crippen LogP contribution is 2.41. The highest BCUT2D eigenvalue weighted by Gasteiger charge is 2.54. The molecular formula is C20H21N3O4S. The minimum atomic E-state index is -1.09. The molecule has 1 aromatic heterocycles. The molecule has 1 aliphatic heterocycles. The van der Waals surface area contributed by atoms with E-state index in [-0.39, 0.29) is 18.4 Å². The fourth-order valence-electron chi connectivity index (χ4n) is 3.92. The van der Waals surface area contributed by atoms with Gasteiger partial charge in [0.05, 0.1) is 13.7 Å². The van der Waals surface area contributed by atoms with Gasteiger partial charge in [0.25, 0.3) is 5.91 Å². The lowest BCUT2D eigenvalue weighted by molar-refractivity contribution is -0.135. The number of aryl methyl sites for hydroxylation is 1.